The summed E-state index contributed by atoms with van der Waals surface area (Å²) in [5.74, 6) is 1.25. The summed E-state index contributed by atoms with van der Waals surface area (Å²) in [4.78, 5) is 0. The molecule has 0 radical (unpaired) electrons. The third kappa shape index (κ3) is 8.11. The van der Waals surface area contributed by atoms with Gasteiger partial charge < -0.3 is 5.32 Å². The van der Waals surface area contributed by atoms with Crippen molar-refractivity contribution in [3.8, 4) is 0 Å². The van der Waals surface area contributed by atoms with Crippen molar-refractivity contribution in [3.05, 3.63) is 0 Å². The van der Waals surface area contributed by atoms with Crippen LogP contribution < -0.4 is 5.32 Å². The Morgan fingerprint density at radius 1 is 1.19 bits per heavy atom. The lowest BCUT2D eigenvalue weighted by molar-refractivity contribution is 0.429. The lowest BCUT2D eigenvalue weighted by Crippen LogP contribution is -2.23. The lowest BCUT2D eigenvalue weighted by atomic mass is 10.0. The van der Waals surface area contributed by atoms with Crippen LogP contribution >= 0.6 is 0 Å². The van der Waals surface area contributed by atoms with E-state index >= 15 is 0 Å². The predicted octanol–water partition coefficient (Wildman–Crippen LogP) is 2.23. The fraction of sp³-hybridized carbons (Fsp3) is 1.00. The Labute approximate surface area is 101 Å². The Kier molecular flexibility index (Phi) is 8.94. The molecule has 0 saturated carbocycles. The van der Waals surface area contributed by atoms with Crippen molar-refractivity contribution in [1.29, 1.82) is 0 Å². The van der Waals surface area contributed by atoms with Crippen LogP contribution in [0.4, 0.5) is 0 Å². The van der Waals surface area contributed by atoms with E-state index in [0.29, 0.717) is 11.7 Å². The van der Waals surface area contributed by atoms with E-state index in [-0.39, 0.29) is 5.75 Å². The molecule has 3 nitrogen and oxygen atoms in total. The van der Waals surface area contributed by atoms with E-state index in [4.69, 9.17) is 0 Å². The first-order valence-corrected chi connectivity index (χ1v) is 8.29. The first-order valence-electron chi connectivity index (χ1n) is 6.46. The van der Waals surface area contributed by atoms with Crippen LogP contribution in [-0.2, 0) is 9.84 Å². The van der Waals surface area contributed by atoms with E-state index in [9.17, 15) is 8.42 Å². The Morgan fingerprint density at radius 2 is 1.88 bits per heavy atom. The summed E-state index contributed by atoms with van der Waals surface area (Å²) in [7, 11) is -2.77. The van der Waals surface area contributed by atoms with Gasteiger partial charge >= 0.3 is 0 Å². The first-order chi connectivity index (χ1) is 7.55. The molecular weight excluding hydrogens is 222 g/mol. The second-order valence-corrected chi connectivity index (χ2v) is 6.83. The SMILES string of the molecule is CCCNCC(CC)CCCS(=O)(=O)CC. The molecule has 1 N–H and O–H groups in total. The van der Waals surface area contributed by atoms with Crippen molar-refractivity contribution in [2.24, 2.45) is 5.92 Å². The topological polar surface area (TPSA) is 46.2 Å². The molecule has 0 aliphatic carbocycles. The van der Waals surface area contributed by atoms with E-state index in [1.165, 1.54) is 0 Å². The Morgan fingerprint density at radius 3 is 2.38 bits per heavy atom. The number of hydrogen-bond acceptors (Lipinski definition) is 3. The third-order valence-electron chi connectivity index (χ3n) is 2.94. The van der Waals surface area contributed by atoms with Gasteiger partial charge in [-0.05, 0) is 38.3 Å². The van der Waals surface area contributed by atoms with Crippen molar-refractivity contribution in [2.75, 3.05) is 24.6 Å². The van der Waals surface area contributed by atoms with Crippen LogP contribution in [0.3, 0.4) is 0 Å². The molecule has 0 rings (SSSR count). The first kappa shape index (κ1) is 15.9. The smallest absolute Gasteiger partial charge is 0.150 e. The fourth-order valence-electron chi connectivity index (χ4n) is 1.67. The minimum absolute atomic E-state index is 0.276. The van der Waals surface area contributed by atoms with Gasteiger partial charge in [0, 0.05) is 5.75 Å². The van der Waals surface area contributed by atoms with E-state index in [2.05, 4.69) is 19.2 Å². The molecule has 0 aromatic heterocycles. The molecule has 0 aliphatic heterocycles. The normalized spacial score (nSPS) is 13.9. The number of hydrogen-bond donors (Lipinski definition) is 1. The quantitative estimate of drug-likeness (QED) is 0.604. The molecule has 1 atom stereocenters. The zero-order valence-electron chi connectivity index (χ0n) is 11.0. The molecule has 0 aromatic carbocycles. The molecule has 0 amide bonds. The zero-order valence-corrected chi connectivity index (χ0v) is 11.8. The zero-order chi connectivity index (χ0) is 12.4. The largest absolute Gasteiger partial charge is 0.316 e. The van der Waals surface area contributed by atoms with Crippen LogP contribution in [0.1, 0.15) is 46.5 Å². The highest BCUT2D eigenvalue weighted by Crippen LogP contribution is 2.11. The highest BCUT2D eigenvalue weighted by molar-refractivity contribution is 7.91. The van der Waals surface area contributed by atoms with Crippen LogP contribution in [0.15, 0.2) is 0 Å². The average molecular weight is 249 g/mol. The van der Waals surface area contributed by atoms with E-state index in [1.54, 1.807) is 6.92 Å². The van der Waals surface area contributed by atoms with Gasteiger partial charge in [0.1, 0.15) is 9.84 Å². The summed E-state index contributed by atoms with van der Waals surface area (Å²) < 4.78 is 22.6. The van der Waals surface area contributed by atoms with Crippen LogP contribution in [0.2, 0.25) is 0 Å². The molecule has 0 aliphatic rings. The standard InChI is InChI=1S/C12H27NO2S/c1-4-9-13-11-12(5-2)8-7-10-16(14,15)6-3/h12-13H,4-11H2,1-3H3. The Balaban J connectivity index is 3.70. The molecule has 16 heavy (non-hydrogen) atoms. The molecule has 0 heterocycles. The molecule has 4 heteroatoms. The van der Waals surface area contributed by atoms with E-state index in [1.807, 2.05) is 0 Å². The van der Waals surface area contributed by atoms with Gasteiger partial charge in [0.2, 0.25) is 0 Å². The molecule has 0 saturated heterocycles. The molecule has 1 unspecified atom stereocenters. The Bertz CT molecular complexity index is 250. The van der Waals surface area contributed by atoms with Gasteiger partial charge in [-0.15, -0.1) is 0 Å². The minimum atomic E-state index is -2.77. The van der Waals surface area contributed by atoms with Crippen molar-refractivity contribution in [2.45, 2.75) is 46.5 Å². The van der Waals surface area contributed by atoms with Gasteiger partial charge in [-0.25, -0.2) is 8.42 Å². The van der Waals surface area contributed by atoms with Gasteiger partial charge in [-0.2, -0.15) is 0 Å². The van der Waals surface area contributed by atoms with Gasteiger partial charge in [0.25, 0.3) is 0 Å². The van der Waals surface area contributed by atoms with Crippen LogP contribution in [0.5, 0.6) is 0 Å². The number of nitrogens with one attached hydrogen (secondary N) is 1. The number of sulfone groups is 1. The van der Waals surface area contributed by atoms with Crippen molar-refractivity contribution < 1.29 is 8.42 Å². The van der Waals surface area contributed by atoms with E-state index in [0.717, 1.165) is 38.8 Å². The maximum Gasteiger partial charge on any atom is 0.150 e. The second-order valence-electron chi connectivity index (χ2n) is 4.36. The summed E-state index contributed by atoms with van der Waals surface area (Å²) in [6, 6.07) is 0. The molecule has 0 bridgehead atoms. The van der Waals surface area contributed by atoms with Crippen molar-refractivity contribution in [3.63, 3.8) is 0 Å². The molecule has 0 fully saturated rings. The maximum atomic E-state index is 11.3. The average Bonchev–Trinajstić information content (AvgIpc) is 2.27. The van der Waals surface area contributed by atoms with Crippen LogP contribution in [0, 0.1) is 5.92 Å². The highest BCUT2D eigenvalue weighted by Gasteiger charge is 2.10. The molecular formula is C12H27NO2S. The van der Waals surface area contributed by atoms with Gasteiger partial charge in [0.05, 0.1) is 5.75 Å². The summed E-state index contributed by atoms with van der Waals surface area (Å²) in [6.45, 7) is 8.13. The van der Waals surface area contributed by atoms with Gasteiger partial charge in [-0.1, -0.05) is 27.2 Å². The third-order valence-corrected chi connectivity index (χ3v) is 4.74. The maximum absolute atomic E-state index is 11.3. The van der Waals surface area contributed by atoms with Gasteiger partial charge in [-0.3, -0.25) is 0 Å². The second kappa shape index (κ2) is 8.99. The fourth-order valence-corrected chi connectivity index (χ4v) is 2.56. The van der Waals surface area contributed by atoms with Crippen LogP contribution in [-0.4, -0.2) is 33.0 Å². The summed E-state index contributed by atoms with van der Waals surface area (Å²) in [5.41, 5.74) is 0. The molecule has 0 spiro atoms. The molecule has 98 valence electrons. The summed E-state index contributed by atoms with van der Waals surface area (Å²) >= 11 is 0. The van der Waals surface area contributed by atoms with E-state index < -0.39 is 9.84 Å². The molecule has 0 aromatic rings. The predicted molar refractivity (Wildman–Crippen MR) is 70.5 cm³/mol. The summed E-state index contributed by atoms with van der Waals surface area (Å²) in [6.07, 6.45) is 4.11. The highest BCUT2D eigenvalue weighted by atomic mass is 32.2. The monoisotopic (exact) mass is 249 g/mol. The van der Waals surface area contributed by atoms with Crippen molar-refractivity contribution in [1.82, 2.24) is 5.32 Å². The van der Waals surface area contributed by atoms with Crippen LogP contribution in [0.25, 0.3) is 0 Å². The lowest BCUT2D eigenvalue weighted by Gasteiger charge is -2.15. The Hall–Kier alpha value is -0.0900. The van der Waals surface area contributed by atoms with Crippen molar-refractivity contribution >= 4 is 9.84 Å². The summed E-state index contributed by atoms with van der Waals surface area (Å²) in [5, 5.41) is 3.40. The number of rotatable bonds is 10. The van der Waals surface area contributed by atoms with Gasteiger partial charge in [0.15, 0.2) is 0 Å². The minimum Gasteiger partial charge on any atom is -0.316 e.